The molecule has 118 valence electrons. The number of halogens is 1. The van der Waals surface area contributed by atoms with E-state index >= 15 is 0 Å². The molecule has 1 saturated heterocycles. The smallest absolute Gasteiger partial charge is 0.247 e. The van der Waals surface area contributed by atoms with Crippen molar-refractivity contribution in [1.29, 1.82) is 0 Å². The van der Waals surface area contributed by atoms with Gasteiger partial charge in [0.05, 0.1) is 12.6 Å². The van der Waals surface area contributed by atoms with Gasteiger partial charge in [0.1, 0.15) is 0 Å². The van der Waals surface area contributed by atoms with Crippen molar-refractivity contribution >= 4 is 11.6 Å². The maximum atomic E-state index is 9.63. The molecule has 5 nitrogen and oxygen atoms in total. The summed E-state index contributed by atoms with van der Waals surface area (Å²) in [6.07, 6.45) is 1.79. The van der Waals surface area contributed by atoms with Crippen molar-refractivity contribution in [3.8, 4) is 11.5 Å². The van der Waals surface area contributed by atoms with Crippen molar-refractivity contribution in [3.05, 3.63) is 35.2 Å². The van der Waals surface area contributed by atoms with Crippen LogP contribution in [0.4, 0.5) is 0 Å². The molecule has 0 amide bonds. The summed E-state index contributed by atoms with van der Waals surface area (Å²) >= 11 is 5.98. The molecular weight excluding hydrogens is 302 g/mol. The lowest BCUT2D eigenvalue weighted by Crippen LogP contribution is -2.36. The molecule has 3 rings (SSSR count). The second-order valence-corrected chi connectivity index (χ2v) is 6.30. The minimum absolute atomic E-state index is 0.222. The molecule has 1 fully saturated rings. The van der Waals surface area contributed by atoms with E-state index in [1.165, 1.54) is 0 Å². The zero-order valence-electron chi connectivity index (χ0n) is 12.6. The number of aromatic nitrogens is 2. The first-order valence-corrected chi connectivity index (χ1v) is 7.98. The van der Waals surface area contributed by atoms with Gasteiger partial charge in [-0.05, 0) is 57.0 Å². The third-order valence-electron chi connectivity index (χ3n) is 4.21. The molecule has 1 aliphatic heterocycles. The number of hydrogen-bond donors (Lipinski definition) is 1. The van der Waals surface area contributed by atoms with Gasteiger partial charge in [0, 0.05) is 10.6 Å². The van der Waals surface area contributed by atoms with Crippen LogP contribution in [-0.2, 0) is 6.54 Å². The highest BCUT2D eigenvalue weighted by Gasteiger charge is 2.23. The van der Waals surface area contributed by atoms with Gasteiger partial charge in [-0.1, -0.05) is 17.7 Å². The fourth-order valence-electron chi connectivity index (χ4n) is 2.84. The lowest BCUT2D eigenvalue weighted by molar-refractivity contribution is 0.0668. The molecule has 22 heavy (non-hydrogen) atoms. The zero-order valence-corrected chi connectivity index (χ0v) is 13.3. The van der Waals surface area contributed by atoms with E-state index in [-0.39, 0.29) is 6.10 Å². The maximum Gasteiger partial charge on any atom is 0.247 e. The van der Waals surface area contributed by atoms with Gasteiger partial charge in [0.25, 0.3) is 0 Å². The molecule has 1 aromatic heterocycles. The standard InChI is InChI=1S/C16H20ClN3O2/c1-11(21)12-5-7-20(8-6-12)10-15-18-19-16(22-15)13-3-2-4-14(17)9-13/h2-4,9,11-12,21H,5-8,10H2,1H3. The number of benzene rings is 1. The van der Waals surface area contributed by atoms with E-state index in [0.29, 0.717) is 29.3 Å². The van der Waals surface area contributed by atoms with Gasteiger partial charge >= 0.3 is 0 Å². The van der Waals surface area contributed by atoms with Crippen molar-refractivity contribution in [2.24, 2.45) is 5.92 Å². The number of aliphatic hydroxyl groups excluding tert-OH is 1. The molecule has 0 bridgehead atoms. The van der Waals surface area contributed by atoms with Crippen LogP contribution in [0, 0.1) is 5.92 Å². The third kappa shape index (κ3) is 3.66. The molecule has 1 aromatic carbocycles. The predicted octanol–water partition coefficient (Wildman–Crippen LogP) is 2.98. The minimum atomic E-state index is -0.222. The highest BCUT2D eigenvalue weighted by atomic mass is 35.5. The topological polar surface area (TPSA) is 62.4 Å². The molecule has 6 heteroatoms. The fraction of sp³-hybridized carbons (Fsp3) is 0.500. The number of rotatable bonds is 4. The van der Waals surface area contributed by atoms with Crippen LogP contribution >= 0.6 is 11.6 Å². The number of nitrogens with zero attached hydrogens (tertiary/aromatic N) is 3. The van der Waals surface area contributed by atoms with Gasteiger partial charge in [0.2, 0.25) is 11.8 Å². The first-order valence-electron chi connectivity index (χ1n) is 7.60. The number of piperidine rings is 1. The fourth-order valence-corrected chi connectivity index (χ4v) is 3.03. The first-order chi connectivity index (χ1) is 10.6. The van der Waals surface area contributed by atoms with Gasteiger partial charge in [-0.3, -0.25) is 4.90 Å². The van der Waals surface area contributed by atoms with Crippen LogP contribution in [0.15, 0.2) is 28.7 Å². The quantitative estimate of drug-likeness (QED) is 0.938. The van der Waals surface area contributed by atoms with Gasteiger partial charge < -0.3 is 9.52 Å². The van der Waals surface area contributed by atoms with Crippen LogP contribution in [0.5, 0.6) is 0 Å². The van der Waals surface area contributed by atoms with Crippen molar-refractivity contribution in [3.63, 3.8) is 0 Å². The molecule has 1 aliphatic rings. The average Bonchev–Trinajstić information content (AvgIpc) is 2.96. The Balaban J connectivity index is 1.61. The third-order valence-corrected chi connectivity index (χ3v) is 4.45. The Hall–Kier alpha value is -1.43. The van der Waals surface area contributed by atoms with E-state index in [9.17, 15) is 5.11 Å². The normalized spacial score (nSPS) is 18.5. The molecule has 2 aromatic rings. The molecule has 0 aliphatic carbocycles. The molecule has 1 N–H and O–H groups in total. The molecular formula is C16H20ClN3O2. The molecule has 2 heterocycles. The molecule has 0 spiro atoms. The van der Waals surface area contributed by atoms with Crippen LogP contribution in [0.3, 0.4) is 0 Å². The van der Waals surface area contributed by atoms with E-state index < -0.39 is 0 Å². The average molecular weight is 322 g/mol. The van der Waals surface area contributed by atoms with E-state index in [1.54, 1.807) is 0 Å². The minimum Gasteiger partial charge on any atom is -0.419 e. The Bertz CT molecular complexity index is 621. The van der Waals surface area contributed by atoms with Gasteiger partial charge in [-0.25, -0.2) is 0 Å². The zero-order chi connectivity index (χ0) is 15.5. The maximum absolute atomic E-state index is 9.63. The van der Waals surface area contributed by atoms with Crippen molar-refractivity contribution in [1.82, 2.24) is 15.1 Å². The van der Waals surface area contributed by atoms with Gasteiger partial charge in [-0.15, -0.1) is 10.2 Å². The van der Waals surface area contributed by atoms with Gasteiger partial charge in [0.15, 0.2) is 0 Å². The van der Waals surface area contributed by atoms with E-state index in [2.05, 4.69) is 15.1 Å². The Morgan fingerprint density at radius 1 is 1.36 bits per heavy atom. The molecule has 1 unspecified atom stereocenters. The summed E-state index contributed by atoms with van der Waals surface area (Å²) in [5, 5.41) is 18.5. The number of hydrogen-bond acceptors (Lipinski definition) is 5. The van der Waals surface area contributed by atoms with Crippen LogP contribution in [0.25, 0.3) is 11.5 Å². The Labute approximate surface area is 134 Å². The van der Waals surface area contributed by atoms with Crippen LogP contribution in [-0.4, -0.2) is 39.4 Å². The Morgan fingerprint density at radius 2 is 2.14 bits per heavy atom. The number of aliphatic hydroxyl groups is 1. The van der Waals surface area contributed by atoms with Crippen molar-refractivity contribution in [2.45, 2.75) is 32.4 Å². The summed E-state index contributed by atoms with van der Waals surface area (Å²) in [6, 6.07) is 7.39. The van der Waals surface area contributed by atoms with E-state index in [0.717, 1.165) is 31.5 Å². The SMILES string of the molecule is CC(O)C1CCN(Cc2nnc(-c3cccc(Cl)c3)o2)CC1. The molecule has 0 saturated carbocycles. The van der Waals surface area contributed by atoms with E-state index in [4.69, 9.17) is 16.0 Å². The lowest BCUT2D eigenvalue weighted by Gasteiger charge is -2.32. The van der Waals surface area contributed by atoms with Crippen molar-refractivity contribution < 1.29 is 9.52 Å². The summed E-state index contributed by atoms with van der Waals surface area (Å²) < 4.78 is 5.73. The summed E-state index contributed by atoms with van der Waals surface area (Å²) in [4.78, 5) is 2.29. The Kier molecular flexibility index (Phi) is 4.76. The monoisotopic (exact) mass is 321 g/mol. The second-order valence-electron chi connectivity index (χ2n) is 5.87. The summed E-state index contributed by atoms with van der Waals surface area (Å²) in [6.45, 7) is 4.42. The van der Waals surface area contributed by atoms with E-state index in [1.807, 2.05) is 31.2 Å². The molecule has 1 atom stereocenters. The lowest BCUT2D eigenvalue weighted by atomic mass is 9.92. The highest BCUT2D eigenvalue weighted by Crippen LogP contribution is 2.24. The highest BCUT2D eigenvalue weighted by molar-refractivity contribution is 6.30. The largest absolute Gasteiger partial charge is 0.419 e. The van der Waals surface area contributed by atoms with Crippen LogP contribution in [0.2, 0.25) is 5.02 Å². The summed E-state index contributed by atoms with van der Waals surface area (Å²) in [7, 11) is 0. The summed E-state index contributed by atoms with van der Waals surface area (Å²) in [5.41, 5.74) is 0.832. The second kappa shape index (κ2) is 6.77. The predicted molar refractivity (Wildman–Crippen MR) is 84.4 cm³/mol. The first kappa shape index (κ1) is 15.5. The number of likely N-dealkylation sites (tertiary alicyclic amines) is 1. The Morgan fingerprint density at radius 3 is 2.82 bits per heavy atom. The van der Waals surface area contributed by atoms with Gasteiger partial charge in [-0.2, -0.15) is 0 Å². The summed E-state index contributed by atoms with van der Waals surface area (Å²) in [5.74, 6) is 1.52. The van der Waals surface area contributed by atoms with Crippen LogP contribution < -0.4 is 0 Å². The van der Waals surface area contributed by atoms with Crippen molar-refractivity contribution in [2.75, 3.05) is 13.1 Å². The van der Waals surface area contributed by atoms with Crippen LogP contribution in [0.1, 0.15) is 25.7 Å². The molecule has 0 radical (unpaired) electrons.